The van der Waals surface area contributed by atoms with Crippen LogP contribution in [0.2, 0.25) is 5.02 Å². The molecule has 0 aliphatic carbocycles. The van der Waals surface area contributed by atoms with Crippen molar-refractivity contribution in [3.8, 4) is 0 Å². The number of benzene rings is 1. The van der Waals surface area contributed by atoms with E-state index in [1.807, 2.05) is 12.1 Å². The maximum Gasteiger partial charge on any atom is 0.271 e. The Labute approximate surface area is 129 Å². The second-order valence-electron chi connectivity index (χ2n) is 4.63. The van der Waals surface area contributed by atoms with E-state index in [1.165, 1.54) is 5.56 Å². The number of halogens is 1. The van der Waals surface area contributed by atoms with Gasteiger partial charge in [-0.15, -0.1) is 0 Å². The predicted octanol–water partition coefficient (Wildman–Crippen LogP) is 3.27. The van der Waals surface area contributed by atoms with Crippen molar-refractivity contribution in [2.75, 3.05) is 12.4 Å². The Morgan fingerprint density at radius 1 is 1.14 bits per heavy atom. The molecule has 0 bridgehead atoms. The maximum atomic E-state index is 12.1. The van der Waals surface area contributed by atoms with Gasteiger partial charge in [0.15, 0.2) is 0 Å². The number of nitrogens with zero attached hydrogens (tertiary/aromatic N) is 1. The lowest BCUT2D eigenvalue weighted by Gasteiger charge is -2.08. The van der Waals surface area contributed by atoms with E-state index in [1.54, 1.807) is 19.2 Å². The van der Waals surface area contributed by atoms with Crippen LogP contribution in [0.1, 0.15) is 28.5 Å². The molecule has 0 saturated carbocycles. The van der Waals surface area contributed by atoms with Gasteiger partial charge in [0.05, 0.1) is 5.02 Å². The summed E-state index contributed by atoms with van der Waals surface area (Å²) in [6, 6.07) is 11.5. The summed E-state index contributed by atoms with van der Waals surface area (Å²) in [5.41, 5.74) is 2.55. The van der Waals surface area contributed by atoms with Crippen molar-refractivity contribution >= 4 is 23.3 Å². The number of aryl methyl sites for hydroxylation is 1. The molecular weight excluding hydrogens is 286 g/mol. The number of nitrogens with one attached hydrogen (secondary N) is 2. The lowest BCUT2D eigenvalue weighted by atomic mass is 10.1. The Morgan fingerprint density at radius 2 is 1.81 bits per heavy atom. The fourth-order valence-corrected chi connectivity index (χ4v) is 2.09. The van der Waals surface area contributed by atoms with Crippen molar-refractivity contribution < 1.29 is 4.79 Å². The van der Waals surface area contributed by atoms with E-state index in [-0.39, 0.29) is 11.6 Å². The van der Waals surface area contributed by atoms with E-state index in [9.17, 15) is 4.79 Å². The molecule has 110 valence electrons. The smallest absolute Gasteiger partial charge is 0.271 e. The van der Waals surface area contributed by atoms with Crippen LogP contribution >= 0.6 is 11.6 Å². The molecule has 1 aromatic heterocycles. The number of amides is 1. The number of rotatable bonds is 5. The Balaban J connectivity index is 2.04. The van der Waals surface area contributed by atoms with E-state index in [2.05, 4.69) is 34.7 Å². The summed E-state index contributed by atoms with van der Waals surface area (Å²) in [5, 5.41) is 6.06. The van der Waals surface area contributed by atoms with Crippen LogP contribution in [0.4, 0.5) is 5.82 Å². The number of hydrogen-bond donors (Lipinski definition) is 2. The molecule has 4 nitrogen and oxygen atoms in total. The summed E-state index contributed by atoms with van der Waals surface area (Å²) in [6.45, 7) is 2.56. The largest absolute Gasteiger partial charge is 0.373 e. The number of carbonyl (C=O) groups excluding carboxylic acids is 1. The molecule has 1 aromatic carbocycles. The quantitative estimate of drug-likeness (QED) is 0.891. The lowest BCUT2D eigenvalue weighted by molar-refractivity contribution is 0.0946. The topological polar surface area (TPSA) is 54.0 Å². The molecule has 2 aromatic rings. The molecule has 2 rings (SSSR count). The van der Waals surface area contributed by atoms with Gasteiger partial charge in [-0.3, -0.25) is 4.79 Å². The Morgan fingerprint density at radius 3 is 2.43 bits per heavy atom. The van der Waals surface area contributed by atoms with Gasteiger partial charge < -0.3 is 10.6 Å². The van der Waals surface area contributed by atoms with Crippen LogP contribution in [0, 0.1) is 0 Å². The summed E-state index contributed by atoms with van der Waals surface area (Å²) in [7, 11) is 1.74. The SMILES string of the molecule is CCc1ccc(CNC(=O)c2nc(NC)ccc2Cl)cc1. The van der Waals surface area contributed by atoms with Gasteiger partial charge in [0.25, 0.3) is 5.91 Å². The summed E-state index contributed by atoms with van der Waals surface area (Å²) in [6.07, 6.45) is 1.00. The van der Waals surface area contributed by atoms with E-state index in [4.69, 9.17) is 11.6 Å². The van der Waals surface area contributed by atoms with Gasteiger partial charge in [-0.2, -0.15) is 0 Å². The molecule has 0 fully saturated rings. The fourth-order valence-electron chi connectivity index (χ4n) is 1.90. The fraction of sp³-hybridized carbons (Fsp3) is 0.250. The van der Waals surface area contributed by atoms with Gasteiger partial charge >= 0.3 is 0 Å². The van der Waals surface area contributed by atoms with Gasteiger partial charge in [-0.05, 0) is 29.7 Å². The molecule has 5 heteroatoms. The van der Waals surface area contributed by atoms with E-state index in [0.717, 1.165) is 12.0 Å². The van der Waals surface area contributed by atoms with Crippen molar-refractivity contribution in [2.45, 2.75) is 19.9 Å². The van der Waals surface area contributed by atoms with E-state index >= 15 is 0 Å². The molecule has 0 saturated heterocycles. The third-order valence-electron chi connectivity index (χ3n) is 3.20. The molecule has 0 spiro atoms. The Hall–Kier alpha value is -2.07. The predicted molar refractivity (Wildman–Crippen MR) is 85.8 cm³/mol. The highest BCUT2D eigenvalue weighted by molar-refractivity contribution is 6.33. The van der Waals surface area contributed by atoms with Gasteiger partial charge in [-0.25, -0.2) is 4.98 Å². The molecule has 0 atom stereocenters. The minimum atomic E-state index is -0.281. The molecule has 21 heavy (non-hydrogen) atoms. The van der Waals surface area contributed by atoms with Crippen molar-refractivity contribution in [3.05, 3.63) is 58.2 Å². The van der Waals surface area contributed by atoms with Gasteiger partial charge in [-0.1, -0.05) is 42.8 Å². The minimum Gasteiger partial charge on any atom is -0.373 e. The summed E-state index contributed by atoms with van der Waals surface area (Å²) in [4.78, 5) is 16.3. The first kappa shape index (κ1) is 15.3. The molecule has 0 unspecified atom stereocenters. The first-order valence-electron chi connectivity index (χ1n) is 6.84. The molecule has 0 aliphatic rings. The number of anilines is 1. The van der Waals surface area contributed by atoms with Gasteiger partial charge in [0.1, 0.15) is 11.5 Å². The second kappa shape index (κ2) is 7.09. The molecule has 1 amide bonds. The lowest BCUT2D eigenvalue weighted by Crippen LogP contribution is -2.24. The highest BCUT2D eigenvalue weighted by Crippen LogP contribution is 2.16. The van der Waals surface area contributed by atoms with Crippen molar-refractivity contribution in [2.24, 2.45) is 0 Å². The zero-order chi connectivity index (χ0) is 15.2. The third kappa shape index (κ3) is 3.95. The molecular formula is C16H18ClN3O. The van der Waals surface area contributed by atoms with E-state index in [0.29, 0.717) is 17.4 Å². The Kier molecular flexibility index (Phi) is 5.17. The van der Waals surface area contributed by atoms with Crippen LogP contribution in [0.3, 0.4) is 0 Å². The average molecular weight is 304 g/mol. The maximum absolute atomic E-state index is 12.1. The summed E-state index contributed by atoms with van der Waals surface area (Å²) >= 11 is 6.02. The minimum absolute atomic E-state index is 0.230. The zero-order valence-corrected chi connectivity index (χ0v) is 12.9. The molecule has 1 heterocycles. The zero-order valence-electron chi connectivity index (χ0n) is 12.1. The van der Waals surface area contributed by atoms with Crippen LogP contribution in [0.25, 0.3) is 0 Å². The van der Waals surface area contributed by atoms with E-state index < -0.39 is 0 Å². The molecule has 0 aliphatic heterocycles. The highest BCUT2D eigenvalue weighted by atomic mass is 35.5. The second-order valence-corrected chi connectivity index (χ2v) is 5.04. The van der Waals surface area contributed by atoms with Gasteiger partial charge in [0.2, 0.25) is 0 Å². The number of aromatic nitrogens is 1. The summed E-state index contributed by atoms with van der Waals surface area (Å²) < 4.78 is 0. The normalized spacial score (nSPS) is 10.2. The standard InChI is InChI=1S/C16H18ClN3O/c1-3-11-4-6-12(7-5-11)10-19-16(21)15-13(17)8-9-14(18-2)20-15/h4-9H,3,10H2,1-2H3,(H,18,20)(H,19,21). The monoisotopic (exact) mass is 303 g/mol. The molecule has 0 radical (unpaired) electrons. The molecule has 2 N–H and O–H groups in total. The van der Waals surface area contributed by atoms with Crippen LogP contribution in [0.5, 0.6) is 0 Å². The first-order valence-corrected chi connectivity index (χ1v) is 7.22. The average Bonchev–Trinajstić information content (AvgIpc) is 2.53. The van der Waals surface area contributed by atoms with Gasteiger partial charge in [0, 0.05) is 13.6 Å². The van der Waals surface area contributed by atoms with Crippen molar-refractivity contribution in [3.63, 3.8) is 0 Å². The summed E-state index contributed by atoms with van der Waals surface area (Å²) in [5.74, 6) is 0.327. The highest BCUT2D eigenvalue weighted by Gasteiger charge is 2.12. The van der Waals surface area contributed by atoms with Crippen LogP contribution in [0.15, 0.2) is 36.4 Å². The number of pyridine rings is 1. The third-order valence-corrected chi connectivity index (χ3v) is 3.51. The van der Waals surface area contributed by atoms with Crippen LogP contribution in [-0.2, 0) is 13.0 Å². The van der Waals surface area contributed by atoms with Crippen LogP contribution in [-0.4, -0.2) is 17.9 Å². The van der Waals surface area contributed by atoms with Crippen LogP contribution < -0.4 is 10.6 Å². The Bertz CT molecular complexity index is 626. The first-order chi connectivity index (χ1) is 10.1. The number of hydrogen-bond acceptors (Lipinski definition) is 3. The van der Waals surface area contributed by atoms with Crippen molar-refractivity contribution in [1.82, 2.24) is 10.3 Å². The van der Waals surface area contributed by atoms with Crippen molar-refractivity contribution in [1.29, 1.82) is 0 Å². The number of carbonyl (C=O) groups is 1.